The van der Waals surface area contributed by atoms with E-state index in [0.29, 0.717) is 0 Å². The summed E-state index contributed by atoms with van der Waals surface area (Å²) in [6.07, 6.45) is 1.41. The van der Waals surface area contributed by atoms with Crippen molar-refractivity contribution in [3.63, 3.8) is 0 Å². The first-order chi connectivity index (χ1) is 11.3. The van der Waals surface area contributed by atoms with Crippen LogP contribution >= 0.6 is 0 Å². The number of nitro benzene ring substituents is 2. The Morgan fingerprint density at radius 1 is 1.29 bits per heavy atom. The lowest BCUT2D eigenvalue weighted by Crippen LogP contribution is -2.06. The molecule has 0 bridgehead atoms. The van der Waals surface area contributed by atoms with Gasteiger partial charge in [-0.05, 0) is 19.9 Å². The van der Waals surface area contributed by atoms with Crippen LogP contribution in [0.1, 0.15) is 13.8 Å². The molecule has 24 heavy (non-hydrogen) atoms. The van der Waals surface area contributed by atoms with Crippen LogP contribution in [-0.4, -0.2) is 22.4 Å². The molecule has 10 heteroatoms. The number of allylic oxidation sites excluding steroid dienone is 1. The Morgan fingerprint density at radius 2 is 1.96 bits per heavy atom. The van der Waals surface area contributed by atoms with Gasteiger partial charge in [0.2, 0.25) is 0 Å². The summed E-state index contributed by atoms with van der Waals surface area (Å²) in [6, 6.07) is 2.97. The molecule has 0 aliphatic carbocycles. The second-order valence-electron chi connectivity index (χ2n) is 4.48. The molecule has 0 N–H and O–H groups in total. The zero-order valence-corrected chi connectivity index (χ0v) is 13.0. The average Bonchev–Trinajstić information content (AvgIpc) is 2.56. The lowest BCUT2D eigenvalue weighted by Gasteiger charge is -2.03. The predicted octanol–water partition coefficient (Wildman–Crippen LogP) is 3.61. The fourth-order valence-electron chi connectivity index (χ4n) is 1.45. The van der Waals surface area contributed by atoms with Gasteiger partial charge in [-0.1, -0.05) is 12.7 Å². The molecule has 0 aliphatic rings. The minimum Gasteiger partial charge on any atom is -0.458 e. The van der Waals surface area contributed by atoms with E-state index >= 15 is 0 Å². The van der Waals surface area contributed by atoms with Crippen molar-refractivity contribution >= 4 is 23.0 Å². The van der Waals surface area contributed by atoms with Crippen LogP contribution in [0.3, 0.4) is 0 Å². The van der Waals surface area contributed by atoms with Crippen molar-refractivity contribution in [1.82, 2.24) is 0 Å². The Morgan fingerprint density at radius 3 is 2.50 bits per heavy atom. The maximum absolute atomic E-state index is 11.6. The Hall–Kier alpha value is -3.43. The summed E-state index contributed by atoms with van der Waals surface area (Å²) in [7, 11) is 0. The van der Waals surface area contributed by atoms with E-state index in [2.05, 4.69) is 16.8 Å². The Balaban J connectivity index is 3.13. The third-order valence-corrected chi connectivity index (χ3v) is 2.86. The van der Waals surface area contributed by atoms with E-state index in [0.717, 1.165) is 18.2 Å². The Labute approximate surface area is 136 Å². The van der Waals surface area contributed by atoms with Crippen LogP contribution in [0.25, 0.3) is 0 Å². The van der Waals surface area contributed by atoms with Crippen molar-refractivity contribution in [2.24, 2.45) is 10.2 Å². The molecule has 0 aromatic heterocycles. The van der Waals surface area contributed by atoms with E-state index in [1.54, 1.807) is 0 Å². The Kier molecular flexibility index (Phi) is 6.41. The smallest absolute Gasteiger partial charge is 0.335 e. The first-order valence-corrected chi connectivity index (χ1v) is 6.58. The minimum atomic E-state index is -0.800. The molecule has 0 radical (unpaired) electrons. The lowest BCUT2D eigenvalue weighted by molar-refractivity contribution is -0.393. The molecule has 0 spiro atoms. The molecule has 1 aromatic rings. The highest BCUT2D eigenvalue weighted by Gasteiger charge is 2.19. The van der Waals surface area contributed by atoms with E-state index in [9.17, 15) is 25.0 Å². The van der Waals surface area contributed by atoms with Gasteiger partial charge in [-0.3, -0.25) is 20.2 Å². The van der Waals surface area contributed by atoms with Crippen LogP contribution < -0.4 is 0 Å². The van der Waals surface area contributed by atoms with Gasteiger partial charge in [0.1, 0.15) is 6.61 Å². The second kappa shape index (κ2) is 8.27. The number of carbonyl (C=O) groups is 1. The quantitative estimate of drug-likeness (QED) is 0.186. The molecule has 1 aromatic carbocycles. The van der Waals surface area contributed by atoms with E-state index in [1.165, 1.54) is 19.9 Å². The largest absolute Gasteiger partial charge is 0.458 e. The van der Waals surface area contributed by atoms with Gasteiger partial charge in [-0.25, -0.2) is 4.79 Å². The van der Waals surface area contributed by atoms with E-state index in [4.69, 9.17) is 4.74 Å². The molecule has 10 nitrogen and oxygen atoms in total. The summed E-state index contributed by atoms with van der Waals surface area (Å²) in [5.74, 6) is -0.621. The molecule has 0 heterocycles. The zero-order valence-electron chi connectivity index (χ0n) is 13.0. The topological polar surface area (TPSA) is 137 Å². The van der Waals surface area contributed by atoms with Crippen molar-refractivity contribution in [2.45, 2.75) is 13.8 Å². The number of hydrogen-bond donors (Lipinski definition) is 0. The molecule has 0 atom stereocenters. The standard InChI is InChI=1S/C14H14N4O6/c1-4-7-24-14(19)9(2)10(3)15-16-12-6-5-11(17(20)21)8-13(12)18(22)23/h4-6,8H,1,7H2,2-3H3/b10-9+,16-15?. The predicted molar refractivity (Wildman–Crippen MR) is 83.8 cm³/mol. The van der Waals surface area contributed by atoms with E-state index in [-0.39, 0.29) is 23.6 Å². The highest BCUT2D eigenvalue weighted by Crippen LogP contribution is 2.31. The summed E-state index contributed by atoms with van der Waals surface area (Å²) in [6.45, 7) is 6.39. The number of nitro groups is 2. The van der Waals surface area contributed by atoms with Crippen molar-refractivity contribution in [1.29, 1.82) is 0 Å². The monoisotopic (exact) mass is 334 g/mol. The highest BCUT2D eigenvalue weighted by molar-refractivity contribution is 5.88. The summed E-state index contributed by atoms with van der Waals surface area (Å²) >= 11 is 0. The van der Waals surface area contributed by atoms with Gasteiger partial charge in [-0.15, -0.1) is 5.11 Å². The first-order valence-electron chi connectivity index (χ1n) is 6.58. The number of benzene rings is 1. The molecule has 0 saturated heterocycles. The SMILES string of the molecule is C=CCOC(=O)/C(C)=C(\C)N=Nc1ccc([N+](=O)[O-])cc1[N+](=O)[O-]. The third-order valence-electron chi connectivity index (χ3n) is 2.86. The number of hydrogen-bond acceptors (Lipinski definition) is 8. The fourth-order valence-corrected chi connectivity index (χ4v) is 1.45. The molecule has 0 saturated carbocycles. The van der Waals surface area contributed by atoms with Gasteiger partial charge < -0.3 is 4.74 Å². The van der Waals surface area contributed by atoms with E-state index in [1.807, 2.05) is 0 Å². The summed E-state index contributed by atoms with van der Waals surface area (Å²) < 4.78 is 4.83. The number of ether oxygens (including phenoxy) is 1. The molecule has 0 unspecified atom stereocenters. The summed E-state index contributed by atoms with van der Waals surface area (Å²) in [5.41, 5.74) is -0.802. The lowest BCUT2D eigenvalue weighted by atomic mass is 10.2. The van der Waals surface area contributed by atoms with E-state index < -0.39 is 27.2 Å². The van der Waals surface area contributed by atoms with Crippen molar-refractivity contribution in [3.05, 3.63) is 62.4 Å². The number of esters is 1. The molecule has 0 amide bonds. The average molecular weight is 334 g/mol. The van der Waals surface area contributed by atoms with Crippen LogP contribution in [0.15, 0.2) is 52.4 Å². The molecule has 0 aliphatic heterocycles. The summed E-state index contributed by atoms with van der Waals surface area (Å²) in [4.78, 5) is 31.7. The number of carbonyl (C=O) groups excluding carboxylic acids is 1. The van der Waals surface area contributed by atoms with Crippen LogP contribution in [0.2, 0.25) is 0 Å². The molecule has 1 rings (SSSR count). The zero-order chi connectivity index (χ0) is 18.3. The van der Waals surface area contributed by atoms with Crippen molar-refractivity contribution < 1.29 is 19.4 Å². The number of rotatable bonds is 7. The van der Waals surface area contributed by atoms with Crippen molar-refractivity contribution in [3.8, 4) is 0 Å². The van der Waals surface area contributed by atoms with Gasteiger partial charge >= 0.3 is 11.7 Å². The van der Waals surface area contributed by atoms with Crippen LogP contribution in [0.5, 0.6) is 0 Å². The normalized spacial score (nSPS) is 11.8. The van der Waals surface area contributed by atoms with Gasteiger partial charge in [0.05, 0.1) is 27.2 Å². The van der Waals surface area contributed by atoms with Gasteiger partial charge in [0.25, 0.3) is 5.69 Å². The third kappa shape index (κ3) is 4.80. The molecule has 0 fully saturated rings. The minimum absolute atomic E-state index is 0.0361. The van der Waals surface area contributed by atoms with Crippen LogP contribution in [-0.2, 0) is 9.53 Å². The second-order valence-corrected chi connectivity index (χ2v) is 4.48. The molecule has 126 valence electrons. The Bertz CT molecular complexity index is 754. The van der Waals surface area contributed by atoms with Gasteiger partial charge in [0, 0.05) is 6.07 Å². The number of azo groups is 1. The number of non-ortho nitro benzene ring substituents is 1. The van der Waals surface area contributed by atoms with Gasteiger partial charge in [-0.2, -0.15) is 5.11 Å². The maximum Gasteiger partial charge on any atom is 0.335 e. The molecular weight excluding hydrogens is 320 g/mol. The molecular formula is C14H14N4O6. The maximum atomic E-state index is 11.6. The first kappa shape index (κ1) is 18.6. The van der Waals surface area contributed by atoms with Crippen molar-refractivity contribution in [2.75, 3.05) is 6.61 Å². The fraction of sp³-hybridized carbons (Fsp3) is 0.214. The number of nitrogens with zero attached hydrogens (tertiary/aromatic N) is 4. The van der Waals surface area contributed by atoms with Crippen LogP contribution in [0, 0.1) is 20.2 Å². The van der Waals surface area contributed by atoms with Gasteiger partial charge in [0.15, 0.2) is 5.69 Å². The highest BCUT2D eigenvalue weighted by atomic mass is 16.6. The van der Waals surface area contributed by atoms with Crippen LogP contribution in [0.4, 0.5) is 17.1 Å². The summed E-state index contributed by atoms with van der Waals surface area (Å²) in [5, 5.41) is 29.1.